The smallest absolute Gasteiger partial charge is 0.279 e. The molecule has 0 rings (SSSR count). The van der Waals surface area contributed by atoms with Crippen LogP contribution < -0.4 is 4.72 Å². The van der Waals surface area contributed by atoms with Crippen LogP contribution in [0.15, 0.2) is 0 Å². The van der Waals surface area contributed by atoms with Crippen LogP contribution in [0.5, 0.6) is 0 Å². The van der Waals surface area contributed by atoms with Crippen LogP contribution in [0.1, 0.15) is 26.7 Å². The standard InChI is InChI=1S/C11H27N3O3S/c1-6-7-8-14(5)18(16,17)12-9-11(2,15)10-13(3)4/h12,15H,6-10H2,1-5H3. The van der Waals surface area contributed by atoms with Gasteiger partial charge in [0.05, 0.1) is 5.60 Å². The lowest BCUT2D eigenvalue weighted by Gasteiger charge is -2.28. The average Bonchev–Trinajstić information content (AvgIpc) is 2.21. The molecule has 0 radical (unpaired) electrons. The van der Waals surface area contributed by atoms with Crippen LogP contribution in [0.3, 0.4) is 0 Å². The summed E-state index contributed by atoms with van der Waals surface area (Å²) in [6, 6.07) is 0. The number of hydrogen-bond acceptors (Lipinski definition) is 4. The SMILES string of the molecule is CCCCN(C)S(=O)(=O)NCC(C)(O)CN(C)C. The van der Waals surface area contributed by atoms with Gasteiger partial charge < -0.3 is 10.0 Å². The highest BCUT2D eigenvalue weighted by Gasteiger charge is 2.25. The molecular formula is C11H27N3O3S. The highest BCUT2D eigenvalue weighted by Crippen LogP contribution is 2.05. The third kappa shape index (κ3) is 7.27. The summed E-state index contributed by atoms with van der Waals surface area (Å²) in [4.78, 5) is 1.81. The third-order valence-corrected chi connectivity index (χ3v) is 4.04. The first-order valence-electron chi connectivity index (χ1n) is 6.19. The summed E-state index contributed by atoms with van der Waals surface area (Å²) in [6.07, 6.45) is 1.77. The van der Waals surface area contributed by atoms with Gasteiger partial charge in [-0.15, -0.1) is 0 Å². The highest BCUT2D eigenvalue weighted by atomic mass is 32.2. The van der Waals surface area contributed by atoms with Gasteiger partial charge in [-0.05, 0) is 27.4 Å². The average molecular weight is 281 g/mol. The van der Waals surface area contributed by atoms with Gasteiger partial charge in [-0.2, -0.15) is 17.4 Å². The van der Waals surface area contributed by atoms with Crippen molar-refractivity contribution in [1.29, 1.82) is 0 Å². The Morgan fingerprint density at radius 3 is 2.28 bits per heavy atom. The second-order valence-corrected chi connectivity index (χ2v) is 7.10. The number of likely N-dealkylation sites (N-methyl/N-ethyl adjacent to an activating group) is 1. The number of aliphatic hydroxyl groups is 1. The summed E-state index contributed by atoms with van der Waals surface area (Å²) in [5, 5.41) is 10.0. The Bertz CT molecular complexity index is 328. The zero-order valence-corrected chi connectivity index (χ0v) is 12.9. The molecule has 1 atom stereocenters. The molecule has 0 saturated carbocycles. The van der Waals surface area contributed by atoms with E-state index in [1.807, 2.05) is 25.9 Å². The lowest BCUT2D eigenvalue weighted by atomic mass is 10.1. The molecule has 2 N–H and O–H groups in total. The van der Waals surface area contributed by atoms with Crippen molar-refractivity contribution < 1.29 is 13.5 Å². The van der Waals surface area contributed by atoms with Crippen molar-refractivity contribution in [2.75, 3.05) is 40.8 Å². The molecule has 0 saturated heterocycles. The molecule has 0 fully saturated rings. The summed E-state index contributed by atoms with van der Waals surface area (Å²) >= 11 is 0. The molecular weight excluding hydrogens is 254 g/mol. The van der Waals surface area contributed by atoms with E-state index in [2.05, 4.69) is 4.72 Å². The van der Waals surface area contributed by atoms with Gasteiger partial charge in [0.2, 0.25) is 0 Å². The molecule has 7 heteroatoms. The van der Waals surface area contributed by atoms with Crippen molar-refractivity contribution in [2.24, 2.45) is 0 Å². The minimum atomic E-state index is -3.50. The van der Waals surface area contributed by atoms with Gasteiger partial charge in [0.25, 0.3) is 10.2 Å². The van der Waals surface area contributed by atoms with Crippen LogP contribution in [0.25, 0.3) is 0 Å². The second kappa shape index (κ2) is 7.40. The first-order valence-corrected chi connectivity index (χ1v) is 7.63. The molecule has 6 nitrogen and oxygen atoms in total. The molecule has 0 aromatic heterocycles. The normalized spacial score (nSPS) is 16.2. The maximum absolute atomic E-state index is 11.9. The highest BCUT2D eigenvalue weighted by molar-refractivity contribution is 7.87. The molecule has 110 valence electrons. The van der Waals surface area contributed by atoms with Gasteiger partial charge in [0.15, 0.2) is 0 Å². The van der Waals surface area contributed by atoms with Crippen molar-refractivity contribution in [1.82, 2.24) is 13.9 Å². The summed E-state index contributed by atoms with van der Waals surface area (Å²) in [7, 11) is 1.70. The molecule has 0 bridgehead atoms. The predicted molar refractivity (Wildman–Crippen MR) is 73.6 cm³/mol. The van der Waals surface area contributed by atoms with Gasteiger partial charge >= 0.3 is 0 Å². The summed E-state index contributed by atoms with van der Waals surface area (Å²) in [5.74, 6) is 0. The third-order valence-electron chi connectivity index (χ3n) is 2.53. The van der Waals surface area contributed by atoms with Crippen molar-refractivity contribution in [2.45, 2.75) is 32.3 Å². The van der Waals surface area contributed by atoms with Gasteiger partial charge in [-0.3, -0.25) is 0 Å². The lowest BCUT2D eigenvalue weighted by molar-refractivity contribution is 0.0383. The molecule has 0 aliphatic rings. The predicted octanol–water partition coefficient (Wildman–Crippen LogP) is -0.135. The maximum atomic E-state index is 11.9. The van der Waals surface area contributed by atoms with Gasteiger partial charge in [-0.25, -0.2) is 0 Å². The molecule has 0 aliphatic heterocycles. The molecule has 0 aromatic carbocycles. The Kier molecular flexibility index (Phi) is 7.31. The molecule has 0 heterocycles. The first-order chi connectivity index (χ1) is 8.10. The second-order valence-electron chi connectivity index (χ2n) is 5.24. The van der Waals surface area contributed by atoms with Crippen LogP contribution in [0, 0.1) is 0 Å². The largest absolute Gasteiger partial charge is 0.387 e. The van der Waals surface area contributed by atoms with E-state index >= 15 is 0 Å². The lowest BCUT2D eigenvalue weighted by Crippen LogP contribution is -2.50. The van der Waals surface area contributed by atoms with E-state index < -0.39 is 15.8 Å². The molecule has 0 aromatic rings. The van der Waals surface area contributed by atoms with Crippen molar-refractivity contribution >= 4 is 10.2 Å². The zero-order chi connectivity index (χ0) is 14.4. The number of unbranched alkanes of at least 4 members (excludes halogenated alkanes) is 1. The Hall–Kier alpha value is -0.210. The number of hydrogen-bond donors (Lipinski definition) is 2. The Labute approximate surface area is 111 Å². The molecule has 0 spiro atoms. The van der Waals surface area contributed by atoms with E-state index in [1.165, 1.54) is 4.31 Å². The first kappa shape index (κ1) is 17.8. The van der Waals surface area contributed by atoms with E-state index in [4.69, 9.17) is 0 Å². The minimum absolute atomic E-state index is 0.00395. The molecule has 1 unspecified atom stereocenters. The van der Waals surface area contributed by atoms with Gasteiger partial charge in [0, 0.05) is 26.7 Å². The van der Waals surface area contributed by atoms with Crippen molar-refractivity contribution in [3.8, 4) is 0 Å². The van der Waals surface area contributed by atoms with Crippen LogP contribution in [-0.2, 0) is 10.2 Å². The van der Waals surface area contributed by atoms with Crippen LogP contribution in [0.2, 0.25) is 0 Å². The van der Waals surface area contributed by atoms with Crippen LogP contribution >= 0.6 is 0 Å². The van der Waals surface area contributed by atoms with Crippen molar-refractivity contribution in [3.05, 3.63) is 0 Å². The van der Waals surface area contributed by atoms with E-state index in [-0.39, 0.29) is 6.54 Å². The molecule has 18 heavy (non-hydrogen) atoms. The summed E-state index contributed by atoms with van der Waals surface area (Å²) in [5.41, 5.74) is -1.08. The van der Waals surface area contributed by atoms with E-state index in [1.54, 1.807) is 14.0 Å². The number of nitrogens with zero attached hydrogens (tertiary/aromatic N) is 2. The Morgan fingerprint density at radius 1 is 1.28 bits per heavy atom. The Balaban J connectivity index is 4.33. The number of rotatable bonds is 9. The zero-order valence-electron chi connectivity index (χ0n) is 12.1. The monoisotopic (exact) mass is 281 g/mol. The van der Waals surface area contributed by atoms with E-state index in [9.17, 15) is 13.5 Å². The fraction of sp³-hybridized carbons (Fsp3) is 1.00. The molecule has 0 amide bonds. The van der Waals surface area contributed by atoms with Crippen molar-refractivity contribution in [3.63, 3.8) is 0 Å². The molecule has 0 aliphatic carbocycles. The fourth-order valence-electron chi connectivity index (χ4n) is 1.59. The van der Waals surface area contributed by atoms with E-state index in [0.29, 0.717) is 13.1 Å². The maximum Gasteiger partial charge on any atom is 0.279 e. The Morgan fingerprint density at radius 2 is 1.83 bits per heavy atom. The summed E-state index contributed by atoms with van der Waals surface area (Å²) in [6.45, 7) is 4.51. The van der Waals surface area contributed by atoms with Crippen LogP contribution in [-0.4, -0.2) is 69.1 Å². The van der Waals surface area contributed by atoms with Gasteiger partial charge in [0.1, 0.15) is 0 Å². The number of nitrogens with one attached hydrogen (secondary N) is 1. The van der Waals surface area contributed by atoms with E-state index in [0.717, 1.165) is 12.8 Å². The fourth-order valence-corrected chi connectivity index (χ4v) is 2.68. The van der Waals surface area contributed by atoms with Gasteiger partial charge in [-0.1, -0.05) is 13.3 Å². The topological polar surface area (TPSA) is 72.9 Å². The van der Waals surface area contributed by atoms with Crippen LogP contribution in [0.4, 0.5) is 0 Å². The quantitative estimate of drug-likeness (QED) is 0.617. The minimum Gasteiger partial charge on any atom is -0.387 e. The summed E-state index contributed by atoms with van der Waals surface area (Å²) < 4.78 is 27.4.